The summed E-state index contributed by atoms with van der Waals surface area (Å²) in [7, 11) is 0. The minimum Gasteiger partial charge on any atom is -0.384 e. The first kappa shape index (κ1) is 13.7. The molecule has 0 saturated heterocycles. The van der Waals surface area contributed by atoms with Gasteiger partial charge in [0.2, 0.25) is 0 Å². The summed E-state index contributed by atoms with van der Waals surface area (Å²) in [6.07, 6.45) is 4.59. The highest BCUT2D eigenvalue weighted by Gasteiger charge is 2.33. The van der Waals surface area contributed by atoms with E-state index in [4.69, 9.17) is 16.2 Å². The molecule has 1 atom stereocenters. The monoisotopic (exact) mass is 295 g/mol. The molecule has 0 radical (unpaired) electrons. The van der Waals surface area contributed by atoms with Crippen molar-refractivity contribution in [2.24, 2.45) is 5.73 Å². The third-order valence-electron chi connectivity index (χ3n) is 4.75. The summed E-state index contributed by atoms with van der Waals surface area (Å²) >= 11 is 0. The third-order valence-corrected chi connectivity index (χ3v) is 4.75. The molecule has 2 aromatic rings. The summed E-state index contributed by atoms with van der Waals surface area (Å²) in [5.74, 6) is 0.560. The van der Waals surface area contributed by atoms with Crippen molar-refractivity contribution in [2.75, 3.05) is 5.73 Å². The van der Waals surface area contributed by atoms with Gasteiger partial charge in [-0.2, -0.15) is 0 Å². The highest BCUT2D eigenvalue weighted by Crippen LogP contribution is 2.41. The van der Waals surface area contributed by atoms with E-state index in [2.05, 4.69) is 23.2 Å². The van der Waals surface area contributed by atoms with Crippen LogP contribution in [0.1, 0.15) is 36.5 Å². The molecule has 0 aliphatic heterocycles. The number of fused-ring (bicyclic) bond motifs is 1. The average Bonchev–Trinajstić information content (AvgIpc) is 2.89. The first-order chi connectivity index (χ1) is 10.7. The summed E-state index contributed by atoms with van der Waals surface area (Å²) in [5, 5.41) is 0. The van der Waals surface area contributed by atoms with Gasteiger partial charge in [0.25, 0.3) is 0 Å². The molecule has 4 N–H and O–H groups in total. The lowest BCUT2D eigenvalue weighted by Gasteiger charge is -2.34. The maximum atomic E-state index is 6.23. The quantitative estimate of drug-likeness (QED) is 0.913. The standard InChI is InChI=1S/C18H21N3O/c19-11-9-12(10-11)22-17-8-7-13-14(3-1-4-15(13)17)16-5-2-6-18(20)21-16/h1-6,11-12,17H,7-10,19H2,(H2,20,21). The van der Waals surface area contributed by atoms with Crippen LogP contribution in [-0.4, -0.2) is 17.1 Å². The number of aromatic nitrogens is 1. The molecule has 4 nitrogen and oxygen atoms in total. The first-order valence-corrected chi connectivity index (χ1v) is 7.96. The number of benzene rings is 1. The predicted molar refractivity (Wildman–Crippen MR) is 87.2 cm³/mol. The molecule has 0 spiro atoms. The second-order valence-corrected chi connectivity index (χ2v) is 6.34. The molecule has 1 saturated carbocycles. The number of hydrogen-bond donors (Lipinski definition) is 2. The number of nitrogen functional groups attached to an aromatic ring is 1. The van der Waals surface area contributed by atoms with Crippen molar-refractivity contribution in [3.63, 3.8) is 0 Å². The fourth-order valence-electron chi connectivity index (χ4n) is 3.55. The van der Waals surface area contributed by atoms with Crippen LogP contribution >= 0.6 is 0 Å². The van der Waals surface area contributed by atoms with Crippen LogP contribution in [0.4, 0.5) is 5.82 Å². The van der Waals surface area contributed by atoms with Crippen molar-refractivity contribution >= 4 is 5.82 Å². The molecule has 22 heavy (non-hydrogen) atoms. The van der Waals surface area contributed by atoms with E-state index in [1.807, 2.05) is 18.2 Å². The highest BCUT2D eigenvalue weighted by atomic mass is 16.5. The number of rotatable bonds is 3. The predicted octanol–water partition coefficient (Wildman–Crippen LogP) is 2.82. The molecule has 1 aromatic heterocycles. The second kappa shape index (κ2) is 5.38. The van der Waals surface area contributed by atoms with Gasteiger partial charge in [0, 0.05) is 11.6 Å². The van der Waals surface area contributed by atoms with Crippen molar-refractivity contribution in [1.82, 2.24) is 4.98 Å². The van der Waals surface area contributed by atoms with E-state index in [1.165, 1.54) is 16.7 Å². The molecular weight excluding hydrogens is 274 g/mol. The number of ether oxygens (including phenoxy) is 1. The van der Waals surface area contributed by atoms with Crippen molar-refractivity contribution in [3.05, 3.63) is 47.5 Å². The molecule has 4 heteroatoms. The molecule has 1 unspecified atom stereocenters. The Morgan fingerprint density at radius 2 is 1.91 bits per heavy atom. The Morgan fingerprint density at radius 3 is 2.68 bits per heavy atom. The van der Waals surface area contributed by atoms with Gasteiger partial charge < -0.3 is 16.2 Å². The van der Waals surface area contributed by atoms with E-state index < -0.39 is 0 Å². The number of pyridine rings is 1. The van der Waals surface area contributed by atoms with Crippen LogP contribution in [0.2, 0.25) is 0 Å². The normalized spacial score (nSPS) is 26.5. The van der Waals surface area contributed by atoms with Gasteiger partial charge in [-0.05, 0) is 48.9 Å². The molecule has 114 valence electrons. The summed E-state index contributed by atoms with van der Waals surface area (Å²) in [6, 6.07) is 12.5. The first-order valence-electron chi connectivity index (χ1n) is 7.96. The van der Waals surface area contributed by atoms with Crippen LogP contribution in [0, 0.1) is 0 Å². The smallest absolute Gasteiger partial charge is 0.124 e. The van der Waals surface area contributed by atoms with E-state index in [0.717, 1.165) is 31.4 Å². The van der Waals surface area contributed by atoms with Gasteiger partial charge in [-0.25, -0.2) is 4.98 Å². The lowest BCUT2D eigenvalue weighted by Crippen LogP contribution is -2.42. The number of nitrogens with two attached hydrogens (primary N) is 2. The Labute approximate surface area is 130 Å². The molecule has 1 heterocycles. The molecular formula is C18H21N3O. The van der Waals surface area contributed by atoms with Crippen LogP contribution in [0.25, 0.3) is 11.3 Å². The van der Waals surface area contributed by atoms with E-state index in [1.54, 1.807) is 0 Å². The van der Waals surface area contributed by atoms with Gasteiger partial charge in [0.1, 0.15) is 5.82 Å². The molecule has 2 aliphatic rings. The zero-order valence-electron chi connectivity index (χ0n) is 12.5. The maximum Gasteiger partial charge on any atom is 0.124 e. The van der Waals surface area contributed by atoms with Crippen LogP contribution in [0.15, 0.2) is 36.4 Å². The molecule has 4 rings (SSSR count). The highest BCUT2D eigenvalue weighted by molar-refractivity contribution is 5.67. The summed E-state index contributed by atoms with van der Waals surface area (Å²) < 4.78 is 6.23. The number of nitrogens with zero attached hydrogens (tertiary/aromatic N) is 1. The molecule has 0 bridgehead atoms. The maximum absolute atomic E-state index is 6.23. The average molecular weight is 295 g/mol. The van der Waals surface area contributed by atoms with Crippen LogP contribution in [0.3, 0.4) is 0 Å². The summed E-state index contributed by atoms with van der Waals surface area (Å²) in [5.41, 5.74) is 16.5. The van der Waals surface area contributed by atoms with E-state index in [0.29, 0.717) is 18.0 Å². The van der Waals surface area contributed by atoms with Gasteiger partial charge in [0.05, 0.1) is 17.9 Å². The zero-order valence-corrected chi connectivity index (χ0v) is 12.5. The van der Waals surface area contributed by atoms with Crippen LogP contribution in [-0.2, 0) is 11.2 Å². The van der Waals surface area contributed by atoms with Gasteiger partial charge in [0.15, 0.2) is 0 Å². The minimum absolute atomic E-state index is 0.202. The molecule has 1 fully saturated rings. The van der Waals surface area contributed by atoms with Gasteiger partial charge in [-0.1, -0.05) is 24.3 Å². The second-order valence-electron chi connectivity index (χ2n) is 6.34. The molecule has 2 aliphatic carbocycles. The Morgan fingerprint density at radius 1 is 1.09 bits per heavy atom. The Hall–Kier alpha value is -1.91. The van der Waals surface area contributed by atoms with Crippen molar-refractivity contribution in [3.8, 4) is 11.3 Å². The largest absolute Gasteiger partial charge is 0.384 e. The Bertz CT molecular complexity index is 694. The zero-order chi connectivity index (χ0) is 15.1. The fraction of sp³-hybridized carbons (Fsp3) is 0.389. The third kappa shape index (κ3) is 2.38. The van der Waals surface area contributed by atoms with Crippen LogP contribution in [0.5, 0.6) is 0 Å². The van der Waals surface area contributed by atoms with Gasteiger partial charge in [-0.15, -0.1) is 0 Å². The Balaban J connectivity index is 1.63. The lowest BCUT2D eigenvalue weighted by atomic mass is 9.90. The summed E-state index contributed by atoms with van der Waals surface area (Å²) in [4.78, 5) is 4.46. The van der Waals surface area contributed by atoms with Crippen molar-refractivity contribution < 1.29 is 4.74 Å². The van der Waals surface area contributed by atoms with E-state index in [-0.39, 0.29) is 6.10 Å². The summed E-state index contributed by atoms with van der Waals surface area (Å²) in [6.45, 7) is 0. The van der Waals surface area contributed by atoms with E-state index in [9.17, 15) is 0 Å². The van der Waals surface area contributed by atoms with Crippen molar-refractivity contribution in [2.45, 2.75) is 43.9 Å². The van der Waals surface area contributed by atoms with Crippen LogP contribution < -0.4 is 11.5 Å². The number of anilines is 1. The van der Waals surface area contributed by atoms with Gasteiger partial charge in [-0.3, -0.25) is 0 Å². The molecule has 0 amide bonds. The fourth-order valence-corrected chi connectivity index (χ4v) is 3.55. The topological polar surface area (TPSA) is 74.2 Å². The van der Waals surface area contributed by atoms with Gasteiger partial charge >= 0.3 is 0 Å². The van der Waals surface area contributed by atoms with Crippen molar-refractivity contribution in [1.29, 1.82) is 0 Å². The lowest BCUT2D eigenvalue weighted by molar-refractivity contribution is -0.0596. The minimum atomic E-state index is 0.202. The van der Waals surface area contributed by atoms with E-state index >= 15 is 0 Å². The number of hydrogen-bond acceptors (Lipinski definition) is 4. The molecule has 1 aromatic carbocycles. The SMILES string of the molecule is Nc1cccc(-c2cccc3c2CCC3OC2CC(N)C2)n1. The Kier molecular flexibility index (Phi) is 3.36.